The van der Waals surface area contributed by atoms with Crippen LogP contribution < -0.4 is 4.72 Å². The molecule has 94 valence electrons. The summed E-state index contributed by atoms with van der Waals surface area (Å²) in [7, 11) is -3.72. The molecule has 1 aromatic carbocycles. The number of hydrogen-bond acceptors (Lipinski definition) is 4. The quantitative estimate of drug-likeness (QED) is 0.946. The van der Waals surface area contributed by atoms with Gasteiger partial charge in [0, 0.05) is 5.02 Å². The third kappa shape index (κ3) is 3.10. The lowest BCUT2D eigenvalue weighted by molar-refractivity contribution is 0.601. The van der Waals surface area contributed by atoms with Gasteiger partial charge in [-0.15, -0.1) is 0 Å². The molecule has 0 saturated heterocycles. The number of aromatic nitrogens is 2. The molecule has 8 heteroatoms. The lowest BCUT2D eigenvalue weighted by Gasteiger charge is -2.06. The zero-order valence-electron chi connectivity index (χ0n) is 8.84. The first kappa shape index (κ1) is 13.1. The van der Waals surface area contributed by atoms with E-state index in [0.717, 1.165) is 0 Å². The van der Waals surface area contributed by atoms with Crippen LogP contribution in [0.25, 0.3) is 0 Å². The van der Waals surface area contributed by atoms with Crippen molar-refractivity contribution >= 4 is 39.0 Å². The summed E-state index contributed by atoms with van der Waals surface area (Å²) in [4.78, 5) is 7.60. The van der Waals surface area contributed by atoms with Gasteiger partial charge in [0.2, 0.25) is 0 Å². The van der Waals surface area contributed by atoms with Crippen LogP contribution in [0.2, 0.25) is 10.2 Å². The molecule has 0 saturated carbocycles. The largest absolute Gasteiger partial charge is 0.263 e. The van der Waals surface area contributed by atoms with E-state index in [0.29, 0.717) is 5.02 Å². The van der Waals surface area contributed by atoms with Crippen molar-refractivity contribution in [2.24, 2.45) is 0 Å². The second-order valence-corrected chi connectivity index (χ2v) is 5.79. The van der Waals surface area contributed by atoms with Gasteiger partial charge in [0.25, 0.3) is 10.0 Å². The normalized spacial score (nSPS) is 11.2. The van der Waals surface area contributed by atoms with Crippen molar-refractivity contribution in [3.8, 4) is 0 Å². The minimum atomic E-state index is -3.72. The Morgan fingerprint density at radius 1 is 1.06 bits per heavy atom. The van der Waals surface area contributed by atoms with Gasteiger partial charge in [0.1, 0.15) is 5.15 Å². The highest BCUT2D eigenvalue weighted by Gasteiger charge is 2.14. The Bertz CT molecular complexity index is 659. The highest BCUT2D eigenvalue weighted by molar-refractivity contribution is 7.92. The smallest absolute Gasteiger partial charge is 0.262 e. The zero-order chi connectivity index (χ0) is 13.2. The number of nitrogens with zero attached hydrogens (tertiary/aromatic N) is 2. The van der Waals surface area contributed by atoms with Gasteiger partial charge in [0.15, 0.2) is 5.82 Å². The fourth-order valence-corrected chi connectivity index (χ4v) is 2.46. The highest BCUT2D eigenvalue weighted by atomic mass is 35.5. The standard InChI is InChI=1S/C10H7Cl2N3O2S/c11-7-1-3-8(4-2-7)18(16,17)15-10-6-13-5-9(12)14-10/h1-6H,(H,14,15). The molecule has 1 heterocycles. The van der Waals surface area contributed by atoms with E-state index in [-0.39, 0.29) is 15.9 Å². The van der Waals surface area contributed by atoms with Gasteiger partial charge in [-0.1, -0.05) is 23.2 Å². The molecule has 2 aromatic rings. The number of halogens is 2. The Morgan fingerprint density at radius 2 is 1.72 bits per heavy atom. The van der Waals surface area contributed by atoms with Crippen LogP contribution in [-0.4, -0.2) is 18.4 Å². The molecule has 0 spiro atoms. The predicted octanol–water partition coefficient (Wildman–Crippen LogP) is 2.58. The Hall–Kier alpha value is -1.37. The molecule has 0 fully saturated rings. The topological polar surface area (TPSA) is 72.0 Å². The van der Waals surface area contributed by atoms with E-state index < -0.39 is 10.0 Å². The third-order valence-corrected chi connectivity index (χ3v) is 3.77. The molecule has 1 aromatic heterocycles. The van der Waals surface area contributed by atoms with Gasteiger partial charge in [-0.3, -0.25) is 9.71 Å². The Kier molecular flexibility index (Phi) is 3.70. The molecule has 0 aliphatic carbocycles. The van der Waals surface area contributed by atoms with Crippen LogP contribution in [0.1, 0.15) is 0 Å². The number of benzene rings is 1. The van der Waals surface area contributed by atoms with Crippen LogP contribution in [0.4, 0.5) is 5.82 Å². The van der Waals surface area contributed by atoms with Gasteiger partial charge in [-0.25, -0.2) is 13.4 Å². The maximum absolute atomic E-state index is 12.0. The maximum Gasteiger partial charge on any atom is 0.263 e. The van der Waals surface area contributed by atoms with Crippen LogP contribution in [0.15, 0.2) is 41.6 Å². The van der Waals surface area contributed by atoms with Crippen LogP contribution in [0.5, 0.6) is 0 Å². The summed E-state index contributed by atoms with van der Waals surface area (Å²) >= 11 is 11.3. The van der Waals surface area contributed by atoms with Crippen LogP contribution >= 0.6 is 23.2 Å². The van der Waals surface area contributed by atoms with E-state index >= 15 is 0 Å². The predicted molar refractivity (Wildman–Crippen MR) is 69.3 cm³/mol. The fraction of sp³-hybridized carbons (Fsp3) is 0. The lowest BCUT2D eigenvalue weighted by atomic mass is 10.4. The molecule has 0 bridgehead atoms. The molecule has 5 nitrogen and oxygen atoms in total. The Balaban J connectivity index is 2.30. The van der Waals surface area contributed by atoms with Crippen LogP contribution in [0.3, 0.4) is 0 Å². The molecule has 0 aliphatic rings. The average molecular weight is 304 g/mol. The fourth-order valence-electron chi connectivity index (χ4n) is 1.20. The molecule has 0 amide bonds. The summed E-state index contributed by atoms with van der Waals surface area (Å²) < 4.78 is 26.2. The second-order valence-electron chi connectivity index (χ2n) is 3.29. The van der Waals surface area contributed by atoms with Gasteiger partial charge in [-0.05, 0) is 24.3 Å². The lowest BCUT2D eigenvalue weighted by Crippen LogP contribution is -2.14. The number of hydrogen-bond donors (Lipinski definition) is 1. The number of sulfonamides is 1. The summed E-state index contributed by atoms with van der Waals surface area (Å²) in [6.45, 7) is 0. The maximum atomic E-state index is 12.0. The van der Waals surface area contributed by atoms with Crippen LogP contribution in [0, 0.1) is 0 Å². The number of anilines is 1. The van der Waals surface area contributed by atoms with Gasteiger partial charge in [0.05, 0.1) is 17.3 Å². The van der Waals surface area contributed by atoms with Gasteiger partial charge < -0.3 is 0 Å². The van der Waals surface area contributed by atoms with Crippen molar-refractivity contribution in [2.45, 2.75) is 4.90 Å². The summed E-state index contributed by atoms with van der Waals surface area (Å²) in [5, 5.41) is 0.558. The SMILES string of the molecule is O=S(=O)(Nc1cncc(Cl)n1)c1ccc(Cl)cc1. The zero-order valence-corrected chi connectivity index (χ0v) is 11.2. The third-order valence-electron chi connectivity index (χ3n) is 1.97. The van der Waals surface area contributed by atoms with Crippen molar-refractivity contribution in [1.82, 2.24) is 9.97 Å². The van der Waals surface area contributed by atoms with E-state index in [1.807, 2.05) is 0 Å². The molecule has 18 heavy (non-hydrogen) atoms. The Labute approximate surface area is 114 Å². The van der Waals surface area contributed by atoms with Crippen molar-refractivity contribution in [1.29, 1.82) is 0 Å². The van der Waals surface area contributed by atoms with E-state index in [1.165, 1.54) is 36.7 Å². The summed E-state index contributed by atoms with van der Waals surface area (Å²) in [6.07, 6.45) is 2.57. The van der Waals surface area contributed by atoms with Gasteiger partial charge in [-0.2, -0.15) is 0 Å². The molecule has 0 unspecified atom stereocenters. The minimum absolute atomic E-state index is 0.0532. The first-order valence-corrected chi connectivity index (χ1v) is 6.97. The van der Waals surface area contributed by atoms with Crippen molar-refractivity contribution in [3.63, 3.8) is 0 Å². The number of nitrogens with one attached hydrogen (secondary N) is 1. The van der Waals surface area contributed by atoms with E-state index in [2.05, 4.69) is 14.7 Å². The van der Waals surface area contributed by atoms with Crippen LogP contribution in [-0.2, 0) is 10.0 Å². The first-order valence-electron chi connectivity index (χ1n) is 4.73. The second kappa shape index (κ2) is 5.09. The molecule has 0 atom stereocenters. The average Bonchev–Trinajstić information content (AvgIpc) is 2.29. The molecule has 1 N–H and O–H groups in total. The highest BCUT2D eigenvalue weighted by Crippen LogP contribution is 2.17. The number of rotatable bonds is 3. The summed E-state index contributed by atoms with van der Waals surface area (Å²) in [5.74, 6) is 0.0532. The molecule has 0 aliphatic heterocycles. The monoisotopic (exact) mass is 303 g/mol. The molecule has 0 radical (unpaired) electrons. The minimum Gasteiger partial charge on any atom is -0.262 e. The van der Waals surface area contributed by atoms with E-state index in [1.54, 1.807) is 0 Å². The van der Waals surface area contributed by atoms with Gasteiger partial charge >= 0.3 is 0 Å². The van der Waals surface area contributed by atoms with Crippen molar-refractivity contribution in [3.05, 3.63) is 46.8 Å². The Morgan fingerprint density at radius 3 is 2.33 bits per heavy atom. The summed E-state index contributed by atoms with van der Waals surface area (Å²) in [6, 6.07) is 5.75. The first-order chi connectivity index (χ1) is 8.47. The van der Waals surface area contributed by atoms with E-state index in [9.17, 15) is 8.42 Å². The summed E-state index contributed by atoms with van der Waals surface area (Å²) in [5.41, 5.74) is 0. The molecular formula is C10H7Cl2N3O2S. The molecule has 2 rings (SSSR count). The van der Waals surface area contributed by atoms with E-state index in [4.69, 9.17) is 23.2 Å². The van der Waals surface area contributed by atoms with Crippen molar-refractivity contribution < 1.29 is 8.42 Å². The van der Waals surface area contributed by atoms with Crippen molar-refractivity contribution in [2.75, 3.05) is 4.72 Å². The molecular weight excluding hydrogens is 297 g/mol.